The van der Waals surface area contributed by atoms with Gasteiger partial charge in [-0.15, -0.1) is 0 Å². The molecule has 0 unspecified atom stereocenters. The Morgan fingerprint density at radius 1 is 1.44 bits per heavy atom. The van der Waals surface area contributed by atoms with E-state index in [1.807, 2.05) is 17.9 Å². The van der Waals surface area contributed by atoms with Crippen molar-refractivity contribution in [1.82, 2.24) is 9.78 Å². The summed E-state index contributed by atoms with van der Waals surface area (Å²) < 4.78 is 15.5. The van der Waals surface area contributed by atoms with Crippen molar-refractivity contribution >= 4 is 21.6 Å². The number of anilines is 1. The van der Waals surface area contributed by atoms with E-state index in [1.54, 1.807) is 6.07 Å². The fourth-order valence-corrected chi connectivity index (χ4v) is 2.34. The van der Waals surface area contributed by atoms with E-state index in [4.69, 9.17) is 0 Å². The third-order valence-electron chi connectivity index (χ3n) is 2.73. The van der Waals surface area contributed by atoms with Gasteiger partial charge in [-0.25, -0.2) is 4.39 Å². The van der Waals surface area contributed by atoms with Gasteiger partial charge in [0.25, 0.3) is 0 Å². The van der Waals surface area contributed by atoms with Crippen LogP contribution in [0.4, 0.5) is 10.1 Å². The molecule has 5 heteroatoms. The van der Waals surface area contributed by atoms with E-state index >= 15 is 0 Å². The number of nitrogens with zero attached hydrogens (tertiary/aromatic N) is 2. The summed E-state index contributed by atoms with van der Waals surface area (Å²) in [7, 11) is 1.91. The molecule has 0 spiro atoms. The second-order valence-corrected chi connectivity index (χ2v) is 4.96. The summed E-state index contributed by atoms with van der Waals surface area (Å²) >= 11 is 3.34. The van der Waals surface area contributed by atoms with Gasteiger partial charge in [-0.05, 0) is 40.5 Å². The molecule has 1 aromatic heterocycles. The van der Waals surface area contributed by atoms with Gasteiger partial charge in [0, 0.05) is 35.5 Å². The zero-order valence-corrected chi connectivity index (χ0v) is 12.0. The lowest BCUT2D eigenvalue weighted by Gasteiger charge is -2.08. The van der Waals surface area contributed by atoms with Crippen LogP contribution in [0.2, 0.25) is 0 Å². The zero-order valence-electron chi connectivity index (χ0n) is 10.4. The molecular formula is C13H15BrFN3. The number of aromatic nitrogens is 2. The molecule has 2 aromatic rings. The molecule has 1 aromatic carbocycles. The van der Waals surface area contributed by atoms with Gasteiger partial charge in [0.15, 0.2) is 0 Å². The van der Waals surface area contributed by atoms with Crippen LogP contribution in [-0.4, -0.2) is 9.78 Å². The Kier molecular flexibility index (Phi) is 4.01. The fourth-order valence-electron chi connectivity index (χ4n) is 1.85. The van der Waals surface area contributed by atoms with E-state index in [0.717, 1.165) is 27.8 Å². The van der Waals surface area contributed by atoms with Crippen molar-refractivity contribution < 1.29 is 4.39 Å². The lowest BCUT2D eigenvalue weighted by atomic mass is 10.2. The molecule has 2 rings (SSSR count). The number of hydrogen-bond donors (Lipinski definition) is 1. The maximum absolute atomic E-state index is 13.0. The largest absolute Gasteiger partial charge is 0.380 e. The summed E-state index contributed by atoms with van der Waals surface area (Å²) in [5, 5.41) is 7.66. The molecule has 96 valence electrons. The Hall–Kier alpha value is -1.36. The average Bonchev–Trinajstić information content (AvgIpc) is 2.68. The van der Waals surface area contributed by atoms with Gasteiger partial charge in [0.1, 0.15) is 5.82 Å². The standard InChI is InChI=1S/C13H15BrFN3/c1-3-12-9(8-18(2)17-12)7-16-13-5-4-10(15)6-11(13)14/h4-6,8,16H,3,7H2,1-2H3. The minimum Gasteiger partial charge on any atom is -0.380 e. The molecule has 0 saturated heterocycles. The molecule has 18 heavy (non-hydrogen) atoms. The molecule has 0 aliphatic carbocycles. The van der Waals surface area contributed by atoms with Crippen LogP contribution in [0.15, 0.2) is 28.9 Å². The predicted molar refractivity (Wildman–Crippen MR) is 74.0 cm³/mol. The van der Waals surface area contributed by atoms with Crippen LogP contribution < -0.4 is 5.32 Å². The van der Waals surface area contributed by atoms with Crippen LogP contribution in [-0.2, 0) is 20.0 Å². The summed E-state index contributed by atoms with van der Waals surface area (Å²) in [6.07, 6.45) is 2.91. The van der Waals surface area contributed by atoms with Crippen molar-refractivity contribution in [2.45, 2.75) is 19.9 Å². The highest BCUT2D eigenvalue weighted by atomic mass is 79.9. The molecule has 0 saturated carbocycles. The number of nitrogens with one attached hydrogen (secondary N) is 1. The van der Waals surface area contributed by atoms with Gasteiger partial charge in [-0.1, -0.05) is 6.92 Å². The van der Waals surface area contributed by atoms with E-state index in [2.05, 4.69) is 33.3 Å². The summed E-state index contributed by atoms with van der Waals surface area (Å²) in [5.74, 6) is -0.247. The molecule has 0 bridgehead atoms. The molecule has 1 heterocycles. The smallest absolute Gasteiger partial charge is 0.124 e. The molecule has 0 amide bonds. The monoisotopic (exact) mass is 311 g/mol. The van der Waals surface area contributed by atoms with Crippen molar-refractivity contribution in [1.29, 1.82) is 0 Å². The van der Waals surface area contributed by atoms with E-state index in [1.165, 1.54) is 12.1 Å². The lowest BCUT2D eigenvalue weighted by Crippen LogP contribution is -2.01. The van der Waals surface area contributed by atoms with Crippen molar-refractivity contribution in [3.63, 3.8) is 0 Å². The van der Waals surface area contributed by atoms with Gasteiger partial charge in [-0.2, -0.15) is 5.10 Å². The van der Waals surface area contributed by atoms with Crippen LogP contribution in [0, 0.1) is 5.82 Å². The van der Waals surface area contributed by atoms with Gasteiger partial charge >= 0.3 is 0 Å². The first-order valence-electron chi connectivity index (χ1n) is 5.80. The van der Waals surface area contributed by atoms with Crippen LogP contribution in [0.5, 0.6) is 0 Å². The Balaban J connectivity index is 2.11. The summed E-state index contributed by atoms with van der Waals surface area (Å²) in [6, 6.07) is 4.62. The number of benzene rings is 1. The molecule has 0 aliphatic heterocycles. The van der Waals surface area contributed by atoms with Crippen LogP contribution >= 0.6 is 15.9 Å². The highest BCUT2D eigenvalue weighted by Crippen LogP contribution is 2.23. The molecule has 1 N–H and O–H groups in total. The highest BCUT2D eigenvalue weighted by molar-refractivity contribution is 9.10. The molecule has 3 nitrogen and oxygen atoms in total. The minimum absolute atomic E-state index is 0.247. The Morgan fingerprint density at radius 2 is 2.22 bits per heavy atom. The summed E-state index contributed by atoms with van der Waals surface area (Å²) in [6.45, 7) is 2.76. The maximum Gasteiger partial charge on any atom is 0.124 e. The van der Waals surface area contributed by atoms with Gasteiger partial charge in [-0.3, -0.25) is 4.68 Å². The minimum atomic E-state index is -0.247. The van der Waals surface area contributed by atoms with E-state index in [-0.39, 0.29) is 5.82 Å². The first-order valence-corrected chi connectivity index (χ1v) is 6.59. The van der Waals surface area contributed by atoms with Gasteiger partial charge < -0.3 is 5.32 Å². The van der Waals surface area contributed by atoms with Gasteiger partial charge in [0.05, 0.1) is 5.69 Å². The second-order valence-electron chi connectivity index (χ2n) is 4.11. The Morgan fingerprint density at radius 3 is 2.89 bits per heavy atom. The normalized spacial score (nSPS) is 10.7. The molecule has 0 atom stereocenters. The zero-order chi connectivity index (χ0) is 13.1. The first-order chi connectivity index (χ1) is 8.60. The maximum atomic E-state index is 13.0. The number of halogens is 2. The topological polar surface area (TPSA) is 29.9 Å². The fraction of sp³-hybridized carbons (Fsp3) is 0.308. The molecule has 0 radical (unpaired) electrons. The first kappa shape index (κ1) is 13.1. The van der Waals surface area contributed by atoms with Crippen molar-refractivity contribution in [2.24, 2.45) is 7.05 Å². The third kappa shape index (κ3) is 2.90. The summed E-state index contributed by atoms with van der Waals surface area (Å²) in [5.41, 5.74) is 3.13. The number of hydrogen-bond acceptors (Lipinski definition) is 2. The highest BCUT2D eigenvalue weighted by Gasteiger charge is 2.07. The Labute approximate surface area is 114 Å². The van der Waals surface area contributed by atoms with Gasteiger partial charge in [0.2, 0.25) is 0 Å². The molecular weight excluding hydrogens is 297 g/mol. The predicted octanol–water partition coefficient (Wildman–Crippen LogP) is 3.50. The second kappa shape index (κ2) is 5.52. The molecule has 0 fully saturated rings. The average molecular weight is 312 g/mol. The van der Waals surface area contributed by atoms with E-state index in [0.29, 0.717) is 6.54 Å². The van der Waals surface area contributed by atoms with Crippen LogP contribution in [0.25, 0.3) is 0 Å². The third-order valence-corrected chi connectivity index (χ3v) is 3.38. The SMILES string of the molecule is CCc1nn(C)cc1CNc1ccc(F)cc1Br. The van der Waals surface area contributed by atoms with Crippen molar-refractivity contribution in [3.05, 3.63) is 45.9 Å². The Bertz CT molecular complexity index is 551. The van der Waals surface area contributed by atoms with E-state index < -0.39 is 0 Å². The summed E-state index contributed by atoms with van der Waals surface area (Å²) in [4.78, 5) is 0. The van der Waals surface area contributed by atoms with Crippen molar-refractivity contribution in [2.75, 3.05) is 5.32 Å². The van der Waals surface area contributed by atoms with E-state index in [9.17, 15) is 4.39 Å². The lowest BCUT2D eigenvalue weighted by molar-refractivity contribution is 0.627. The quantitative estimate of drug-likeness (QED) is 0.936. The van der Waals surface area contributed by atoms with Crippen LogP contribution in [0.1, 0.15) is 18.2 Å². The number of rotatable bonds is 4. The number of aryl methyl sites for hydroxylation is 2. The van der Waals surface area contributed by atoms with Crippen molar-refractivity contribution in [3.8, 4) is 0 Å². The van der Waals surface area contributed by atoms with Crippen LogP contribution in [0.3, 0.4) is 0 Å². The molecule has 0 aliphatic rings.